The van der Waals surface area contributed by atoms with Gasteiger partial charge in [0.15, 0.2) is 0 Å². The Bertz CT molecular complexity index is 1110. The first-order chi connectivity index (χ1) is 15.0. The Kier molecular flexibility index (Phi) is 7.57. The van der Waals surface area contributed by atoms with Crippen LogP contribution in [0.3, 0.4) is 0 Å². The third-order valence-electron chi connectivity index (χ3n) is 5.54. The first kappa shape index (κ1) is 23.4. The summed E-state index contributed by atoms with van der Waals surface area (Å²) in [7, 11) is 0. The van der Waals surface area contributed by atoms with Crippen LogP contribution in [-0.2, 0) is 17.8 Å². The predicted octanol–water partition coefficient (Wildman–Crippen LogP) is 2.94. The zero-order valence-electron chi connectivity index (χ0n) is 17.4. The molecule has 2 N–H and O–H groups in total. The van der Waals surface area contributed by atoms with Gasteiger partial charge in [0.05, 0.1) is 24.9 Å². The Morgan fingerprint density at radius 3 is 2.72 bits per heavy atom. The molecule has 32 heavy (non-hydrogen) atoms. The van der Waals surface area contributed by atoms with Gasteiger partial charge in [-0.2, -0.15) is 5.26 Å². The lowest BCUT2D eigenvalue weighted by Crippen LogP contribution is -2.46. The number of hydrogen-bond donors (Lipinski definition) is 1. The van der Waals surface area contributed by atoms with E-state index in [0.29, 0.717) is 37.2 Å². The number of halogens is 2. The number of nitrogens with zero attached hydrogens (tertiary/aromatic N) is 5. The number of benzene rings is 2. The van der Waals surface area contributed by atoms with E-state index in [4.69, 9.17) is 5.73 Å². The van der Waals surface area contributed by atoms with Gasteiger partial charge in [-0.05, 0) is 30.9 Å². The monoisotopic (exact) mass is 454 g/mol. The summed E-state index contributed by atoms with van der Waals surface area (Å²) >= 11 is 0. The lowest BCUT2D eigenvalue weighted by Gasteiger charge is -2.23. The van der Waals surface area contributed by atoms with Gasteiger partial charge < -0.3 is 10.6 Å². The number of nitrogens with two attached hydrogens (primary N) is 1. The van der Waals surface area contributed by atoms with Gasteiger partial charge in [-0.15, -0.1) is 17.5 Å². The van der Waals surface area contributed by atoms with E-state index in [9.17, 15) is 14.4 Å². The maximum Gasteiger partial charge on any atom is 0.240 e. The maximum atomic E-state index is 13.8. The summed E-state index contributed by atoms with van der Waals surface area (Å²) in [6, 6.07) is 15.3. The minimum Gasteiger partial charge on any atom is -0.325 e. The maximum absolute atomic E-state index is 13.8. The van der Waals surface area contributed by atoms with Crippen molar-refractivity contribution in [3.63, 3.8) is 0 Å². The molecule has 166 valence electrons. The second-order valence-corrected chi connectivity index (χ2v) is 7.72. The summed E-state index contributed by atoms with van der Waals surface area (Å²) in [6.45, 7) is 0.890. The summed E-state index contributed by atoms with van der Waals surface area (Å²) < 4.78 is 15.4. The number of aromatic nitrogens is 3. The van der Waals surface area contributed by atoms with Crippen LogP contribution in [0.1, 0.15) is 24.0 Å². The van der Waals surface area contributed by atoms with Gasteiger partial charge in [0.2, 0.25) is 5.91 Å². The Balaban J connectivity index is 0.00000289. The van der Waals surface area contributed by atoms with E-state index in [1.165, 1.54) is 6.07 Å². The first-order valence-corrected chi connectivity index (χ1v) is 10.2. The normalized spacial score (nSPS) is 16.3. The Labute approximate surface area is 192 Å². The van der Waals surface area contributed by atoms with Crippen molar-refractivity contribution in [3.05, 3.63) is 71.7 Å². The molecule has 7 nitrogen and oxygen atoms in total. The van der Waals surface area contributed by atoms with Gasteiger partial charge in [-0.1, -0.05) is 47.7 Å². The molecule has 4 rings (SSSR count). The molecule has 0 unspecified atom stereocenters. The molecule has 2 atom stereocenters. The second kappa shape index (κ2) is 10.4. The van der Waals surface area contributed by atoms with Crippen molar-refractivity contribution in [3.8, 4) is 17.3 Å². The van der Waals surface area contributed by atoms with Crippen LogP contribution in [0, 0.1) is 17.1 Å². The molecule has 1 aliphatic heterocycles. The average molecular weight is 455 g/mol. The van der Waals surface area contributed by atoms with E-state index in [1.54, 1.807) is 34.0 Å². The van der Waals surface area contributed by atoms with Crippen molar-refractivity contribution < 1.29 is 9.18 Å². The van der Waals surface area contributed by atoms with E-state index in [1.807, 2.05) is 24.3 Å². The van der Waals surface area contributed by atoms with Crippen molar-refractivity contribution in [2.24, 2.45) is 5.73 Å². The molecule has 1 aromatic heterocycles. The van der Waals surface area contributed by atoms with Crippen LogP contribution in [0.15, 0.2) is 54.7 Å². The van der Waals surface area contributed by atoms with Crippen LogP contribution in [-0.4, -0.2) is 44.4 Å². The minimum absolute atomic E-state index is 0. The molecule has 1 aliphatic rings. The Hall–Kier alpha value is -3.28. The molecule has 2 heterocycles. The lowest BCUT2D eigenvalue weighted by molar-refractivity contribution is -0.132. The number of hydrogen-bond acceptors (Lipinski definition) is 5. The van der Waals surface area contributed by atoms with Crippen molar-refractivity contribution in [2.45, 2.75) is 37.9 Å². The molecule has 0 spiro atoms. The number of carbonyl (C=O) groups excluding carboxylic acids is 1. The molecule has 2 aromatic carbocycles. The molecule has 1 fully saturated rings. The molecule has 9 heteroatoms. The molecular formula is C23H24ClFN6O. The van der Waals surface area contributed by atoms with Crippen LogP contribution in [0.2, 0.25) is 0 Å². The number of likely N-dealkylation sites (tertiary alicyclic amines) is 1. The van der Waals surface area contributed by atoms with E-state index < -0.39 is 6.04 Å². The lowest BCUT2D eigenvalue weighted by atomic mass is 10.0. The third-order valence-corrected chi connectivity index (χ3v) is 5.54. The molecule has 0 aliphatic carbocycles. The molecule has 0 bridgehead atoms. The molecule has 3 aromatic rings. The van der Waals surface area contributed by atoms with Crippen LogP contribution in [0.5, 0.6) is 0 Å². The van der Waals surface area contributed by atoms with Crippen LogP contribution in [0.4, 0.5) is 4.39 Å². The summed E-state index contributed by atoms with van der Waals surface area (Å²) in [5, 5.41) is 17.4. The van der Waals surface area contributed by atoms with E-state index in [0.717, 1.165) is 17.5 Å². The fourth-order valence-electron chi connectivity index (χ4n) is 3.84. The molecule has 0 radical (unpaired) electrons. The summed E-state index contributed by atoms with van der Waals surface area (Å²) in [5.74, 6) is -0.450. The van der Waals surface area contributed by atoms with Gasteiger partial charge in [0.1, 0.15) is 17.6 Å². The number of carbonyl (C=O) groups is 1. The quantitative estimate of drug-likeness (QED) is 0.617. The van der Waals surface area contributed by atoms with Gasteiger partial charge in [-0.25, -0.2) is 9.07 Å². The van der Waals surface area contributed by atoms with Crippen LogP contribution < -0.4 is 5.73 Å². The van der Waals surface area contributed by atoms with Gasteiger partial charge in [-0.3, -0.25) is 4.79 Å². The highest BCUT2D eigenvalue weighted by molar-refractivity contribution is 5.85. The third kappa shape index (κ3) is 5.13. The van der Waals surface area contributed by atoms with E-state index >= 15 is 0 Å². The predicted molar refractivity (Wildman–Crippen MR) is 120 cm³/mol. The van der Waals surface area contributed by atoms with E-state index in [-0.39, 0.29) is 30.2 Å². The van der Waals surface area contributed by atoms with Crippen molar-refractivity contribution >= 4 is 18.3 Å². The van der Waals surface area contributed by atoms with Gasteiger partial charge >= 0.3 is 0 Å². The molecular weight excluding hydrogens is 431 g/mol. The standard InChI is InChI=1S/C23H23FN6O.ClH/c24-20-6-2-1-4-18(20)14-29-15-22(27-28-29)17-9-7-16(8-10-17)12-21(26)23(31)30-11-3-5-19(30)13-25;/h1-2,4,6-10,15,19,21H,3,5,11-12,14,26H2;1H/t19-,21-;/m0./s1. The zero-order valence-corrected chi connectivity index (χ0v) is 18.2. The van der Waals surface area contributed by atoms with Crippen molar-refractivity contribution in [1.82, 2.24) is 19.9 Å². The van der Waals surface area contributed by atoms with Crippen LogP contribution >= 0.6 is 12.4 Å². The summed E-state index contributed by atoms with van der Waals surface area (Å²) in [4.78, 5) is 14.2. The molecule has 1 amide bonds. The average Bonchev–Trinajstić information content (AvgIpc) is 3.45. The van der Waals surface area contributed by atoms with E-state index in [2.05, 4.69) is 16.4 Å². The fraction of sp³-hybridized carbons (Fsp3) is 0.304. The topological polar surface area (TPSA) is 101 Å². The molecule has 0 saturated carbocycles. The van der Waals surface area contributed by atoms with Gasteiger partial charge in [0, 0.05) is 17.7 Å². The first-order valence-electron chi connectivity index (χ1n) is 10.2. The highest BCUT2D eigenvalue weighted by atomic mass is 35.5. The van der Waals surface area contributed by atoms with Crippen molar-refractivity contribution in [1.29, 1.82) is 5.26 Å². The highest BCUT2D eigenvalue weighted by Gasteiger charge is 2.31. The SMILES string of the molecule is Cl.N#C[C@@H]1CCCN1C(=O)[C@@H](N)Cc1ccc(-c2cn(Cc3ccccc3F)nn2)cc1. The second-order valence-electron chi connectivity index (χ2n) is 7.72. The van der Waals surface area contributed by atoms with Gasteiger partial charge in [0.25, 0.3) is 0 Å². The highest BCUT2D eigenvalue weighted by Crippen LogP contribution is 2.20. The summed E-state index contributed by atoms with van der Waals surface area (Å²) in [5.41, 5.74) is 9.15. The minimum atomic E-state index is -0.679. The summed E-state index contributed by atoms with van der Waals surface area (Å²) in [6.07, 6.45) is 3.71. The number of amides is 1. The number of nitriles is 1. The Morgan fingerprint density at radius 2 is 2.00 bits per heavy atom. The smallest absolute Gasteiger partial charge is 0.240 e. The molecule has 1 saturated heterocycles. The zero-order chi connectivity index (χ0) is 21.8. The fourth-order valence-corrected chi connectivity index (χ4v) is 3.84. The van der Waals surface area contributed by atoms with Crippen molar-refractivity contribution in [2.75, 3.05) is 6.54 Å². The number of rotatable bonds is 6. The Morgan fingerprint density at radius 1 is 1.25 bits per heavy atom. The largest absolute Gasteiger partial charge is 0.325 e. The van der Waals surface area contributed by atoms with Crippen LogP contribution in [0.25, 0.3) is 11.3 Å².